The third kappa shape index (κ3) is 5.39. The van der Waals surface area contributed by atoms with Gasteiger partial charge in [0.05, 0.1) is 12.0 Å². The maximum atomic E-state index is 13.4. The molecule has 0 aromatic rings. The molecule has 140 valence electrons. The van der Waals surface area contributed by atoms with Crippen LogP contribution in [0.2, 0.25) is 0 Å². The Morgan fingerprint density at radius 1 is 1.28 bits per heavy atom. The average molecular weight is 393 g/mol. The molecule has 0 amide bonds. The normalized spacial score (nSPS) is 25.2. The van der Waals surface area contributed by atoms with Crippen LogP contribution in [0.4, 0.5) is 30.7 Å². The van der Waals surface area contributed by atoms with Crippen molar-refractivity contribution in [3.8, 4) is 12.3 Å². The van der Waals surface area contributed by atoms with Gasteiger partial charge in [0.2, 0.25) is 6.10 Å². The van der Waals surface area contributed by atoms with E-state index in [0.717, 1.165) is 0 Å². The number of rotatable bonds is 4. The first-order valence-corrected chi connectivity index (χ1v) is 7.05. The summed E-state index contributed by atoms with van der Waals surface area (Å²) in [6, 6.07) is 0. The van der Waals surface area contributed by atoms with Crippen molar-refractivity contribution in [2.75, 3.05) is 0 Å². The molecule has 2 nitrogen and oxygen atoms in total. The number of terminal acetylenes is 1. The fraction of sp³-hybridized carbons (Fsp3) is 0.533. The zero-order valence-corrected chi connectivity index (χ0v) is 13.6. The molecule has 1 aliphatic rings. The second kappa shape index (κ2) is 6.90. The van der Waals surface area contributed by atoms with Crippen LogP contribution in [0.5, 0.6) is 0 Å². The SMILES string of the molecule is C#CC(OC(=O)C1C(C=C(Cl)C(F)(F)F)C1(C)C)C(F)=CC(F)(F)F. The molecule has 1 fully saturated rings. The highest BCUT2D eigenvalue weighted by atomic mass is 35.5. The molecule has 0 bridgehead atoms. The Labute approximate surface area is 143 Å². The molecule has 0 aromatic heterocycles. The van der Waals surface area contributed by atoms with Crippen molar-refractivity contribution in [3.63, 3.8) is 0 Å². The van der Waals surface area contributed by atoms with Crippen LogP contribution < -0.4 is 0 Å². The highest BCUT2D eigenvalue weighted by molar-refractivity contribution is 6.30. The number of hydrogen-bond acceptors (Lipinski definition) is 2. The van der Waals surface area contributed by atoms with Crippen LogP contribution in [0.3, 0.4) is 0 Å². The van der Waals surface area contributed by atoms with Crippen LogP contribution in [-0.4, -0.2) is 24.4 Å². The van der Waals surface area contributed by atoms with Crippen LogP contribution in [0, 0.1) is 29.6 Å². The van der Waals surface area contributed by atoms with Crippen LogP contribution in [-0.2, 0) is 9.53 Å². The zero-order valence-electron chi connectivity index (χ0n) is 12.8. The van der Waals surface area contributed by atoms with Crippen molar-refractivity contribution in [1.82, 2.24) is 0 Å². The molecule has 0 aliphatic heterocycles. The standard InChI is InChI=1S/C15H12ClF7O2/c1-4-9(8(17)6-14(18,19)20)25-12(24)11-7(13(11,2)3)5-10(16)15(21,22)23/h1,5-7,9,11H,2-3H3. The third-order valence-electron chi connectivity index (χ3n) is 3.70. The molecule has 0 spiro atoms. The lowest BCUT2D eigenvalue weighted by Crippen LogP contribution is -2.21. The Hall–Kier alpha value is -1.69. The molecule has 0 heterocycles. The largest absolute Gasteiger partial charge is 0.441 e. The number of halogens is 8. The van der Waals surface area contributed by atoms with E-state index in [2.05, 4.69) is 4.74 Å². The van der Waals surface area contributed by atoms with Crippen molar-refractivity contribution in [2.45, 2.75) is 32.3 Å². The molecule has 1 saturated carbocycles. The van der Waals surface area contributed by atoms with Gasteiger partial charge in [0.25, 0.3) is 0 Å². The molecular weight excluding hydrogens is 381 g/mol. The molecule has 25 heavy (non-hydrogen) atoms. The molecule has 0 radical (unpaired) electrons. The molecule has 0 saturated heterocycles. The lowest BCUT2D eigenvalue weighted by molar-refractivity contribution is -0.148. The first kappa shape index (κ1) is 21.4. The molecule has 1 aliphatic carbocycles. The molecule has 0 N–H and O–H groups in total. The minimum absolute atomic E-state index is 0.611. The second-order valence-electron chi connectivity index (χ2n) is 5.89. The van der Waals surface area contributed by atoms with Gasteiger partial charge in [0, 0.05) is 0 Å². The van der Waals surface area contributed by atoms with Crippen molar-refractivity contribution in [2.24, 2.45) is 17.3 Å². The topological polar surface area (TPSA) is 26.3 Å². The Morgan fingerprint density at radius 2 is 1.80 bits per heavy atom. The number of ether oxygens (including phenoxy) is 1. The van der Waals surface area contributed by atoms with Crippen molar-refractivity contribution < 1.29 is 40.3 Å². The van der Waals surface area contributed by atoms with Crippen LogP contribution in [0.15, 0.2) is 23.0 Å². The van der Waals surface area contributed by atoms with E-state index in [1.807, 2.05) is 0 Å². The van der Waals surface area contributed by atoms with Crippen LogP contribution in [0.25, 0.3) is 0 Å². The molecular formula is C15H12ClF7O2. The van der Waals surface area contributed by atoms with Crippen molar-refractivity contribution in [1.29, 1.82) is 0 Å². The minimum Gasteiger partial charge on any atom is -0.441 e. The first-order chi connectivity index (χ1) is 11.1. The number of allylic oxidation sites excluding steroid dienone is 3. The van der Waals surface area contributed by atoms with Gasteiger partial charge in [-0.15, -0.1) is 6.42 Å². The maximum Gasteiger partial charge on any atom is 0.426 e. The van der Waals surface area contributed by atoms with Crippen LogP contribution in [0.1, 0.15) is 13.8 Å². The first-order valence-electron chi connectivity index (χ1n) is 6.67. The van der Waals surface area contributed by atoms with E-state index < -0.39 is 58.6 Å². The summed E-state index contributed by atoms with van der Waals surface area (Å²) in [6.07, 6.45) is -7.36. The third-order valence-corrected chi connectivity index (χ3v) is 4.04. The van der Waals surface area contributed by atoms with E-state index in [1.54, 1.807) is 0 Å². The highest BCUT2D eigenvalue weighted by Gasteiger charge is 2.62. The van der Waals surface area contributed by atoms with E-state index in [1.165, 1.54) is 19.8 Å². The van der Waals surface area contributed by atoms with Gasteiger partial charge in [0.1, 0.15) is 5.03 Å². The van der Waals surface area contributed by atoms with E-state index in [9.17, 15) is 35.5 Å². The number of carbonyl (C=O) groups is 1. The number of hydrogen-bond donors (Lipinski definition) is 0. The highest BCUT2D eigenvalue weighted by Crippen LogP contribution is 2.60. The second-order valence-corrected chi connectivity index (χ2v) is 6.30. The van der Waals surface area contributed by atoms with Gasteiger partial charge in [-0.05, 0) is 11.3 Å². The molecule has 10 heteroatoms. The van der Waals surface area contributed by atoms with Gasteiger partial charge >= 0.3 is 18.3 Å². The maximum absolute atomic E-state index is 13.4. The summed E-state index contributed by atoms with van der Waals surface area (Å²) in [5.74, 6) is -3.73. The number of carbonyl (C=O) groups excluding carboxylic acids is 1. The quantitative estimate of drug-likeness (QED) is 0.386. The predicted octanol–water partition coefficient (Wildman–Crippen LogP) is 4.90. The van der Waals surface area contributed by atoms with Gasteiger partial charge in [-0.3, -0.25) is 4.79 Å². The van der Waals surface area contributed by atoms with Gasteiger partial charge in [-0.2, -0.15) is 26.3 Å². The zero-order chi connectivity index (χ0) is 19.8. The van der Waals surface area contributed by atoms with Gasteiger partial charge in [-0.1, -0.05) is 37.4 Å². The summed E-state index contributed by atoms with van der Waals surface area (Å²) in [4.78, 5) is 12.0. The van der Waals surface area contributed by atoms with E-state index in [-0.39, 0.29) is 0 Å². The molecule has 3 atom stereocenters. The number of alkyl halides is 6. The summed E-state index contributed by atoms with van der Waals surface area (Å²) in [7, 11) is 0. The smallest absolute Gasteiger partial charge is 0.426 e. The Kier molecular flexibility index (Phi) is 5.90. The summed E-state index contributed by atoms with van der Waals surface area (Å²) in [5.41, 5.74) is -1.01. The minimum atomic E-state index is -5.02. The number of esters is 1. The van der Waals surface area contributed by atoms with E-state index in [4.69, 9.17) is 18.0 Å². The summed E-state index contributed by atoms with van der Waals surface area (Å²) < 4.78 is 91.5. The molecule has 3 unspecified atom stereocenters. The lowest BCUT2D eigenvalue weighted by Gasteiger charge is -2.12. The van der Waals surface area contributed by atoms with Gasteiger partial charge in [-0.25, -0.2) is 4.39 Å². The predicted molar refractivity (Wildman–Crippen MR) is 74.7 cm³/mol. The molecule has 0 aromatic carbocycles. The fourth-order valence-electron chi connectivity index (χ4n) is 2.28. The fourth-order valence-corrected chi connectivity index (χ4v) is 2.42. The van der Waals surface area contributed by atoms with Crippen molar-refractivity contribution >= 4 is 17.6 Å². The van der Waals surface area contributed by atoms with Gasteiger partial charge < -0.3 is 4.74 Å². The Morgan fingerprint density at radius 3 is 2.20 bits per heavy atom. The van der Waals surface area contributed by atoms with Crippen molar-refractivity contribution in [3.05, 3.63) is 23.0 Å². The average Bonchev–Trinajstić information content (AvgIpc) is 2.93. The lowest BCUT2D eigenvalue weighted by atomic mass is 10.1. The Balaban J connectivity index is 2.91. The van der Waals surface area contributed by atoms with E-state index in [0.29, 0.717) is 6.08 Å². The molecule has 1 rings (SSSR count). The summed E-state index contributed by atoms with van der Waals surface area (Å²) >= 11 is 5.10. The summed E-state index contributed by atoms with van der Waals surface area (Å²) in [6.45, 7) is 2.85. The monoisotopic (exact) mass is 392 g/mol. The van der Waals surface area contributed by atoms with E-state index >= 15 is 0 Å². The van der Waals surface area contributed by atoms with Crippen LogP contribution >= 0.6 is 11.6 Å². The Bertz CT molecular complexity index is 638. The summed E-state index contributed by atoms with van der Waals surface area (Å²) in [5, 5.41) is -1.45. The van der Waals surface area contributed by atoms with Gasteiger partial charge in [0.15, 0.2) is 5.83 Å².